The third-order valence-electron chi connectivity index (χ3n) is 3.70. The first-order valence-corrected chi connectivity index (χ1v) is 9.37. The van der Waals surface area contributed by atoms with E-state index in [9.17, 15) is 8.42 Å². The quantitative estimate of drug-likeness (QED) is 0.763. The minimum atomic E-state index is -2.93. The SMILES string of the molecule is CCCNCc1cccc2ccn(CCS(=O)(=O)CC)c12. The third-order valence-corrected chi connectivity index (χ3v) is 5.38. The Morgan fingerprint density at radius 2 is 2.00 bits per heavy atom. The molecule has 116 valence electrons. The van der Waals surface area contributed by atoms with Crippen molar-refractivity contribution in [3.05, 3.63) is 36.0 Å². The molecule has 0 atom stereocenters. The van der Waals surface area contributed by atoms with Crippen LogP contribution in [-0.2, 0) is 22.9 Å². The van der Waals surface area contributed by atoms with Crippen LogP contribution in [0.15, 0.2) is 30.5 Å². The summed E-state index contributed by atoms with van der Waals surface area (Å²) in [7, 11) is -2.93. The number of aromatic nitrogens is 1. The van der Waals surface area contributed by atoms with E-state index < -0.39 is 9.84 Å². The molecule has 0 bridgehead atoms. The Morgan fingerprint density at radius 1 is 1.19 bits per heavy atom. The highest BCUT2D eigenvalue weighted by molar-refractivity contribution is 7.91. The summed E-state index contributed by atoms with van der Waals surface area (Å²) in [4.78, 5) is 0. The molecule has 0 aliphatic carbocycles. The van der Waals surface area contributed by atoms with E-state index in [4.69, 9.17) is 0 Å². The summed E-state index contributed by atoms with van der Waals surface area (Å²) in [6, 6.07) is 8.29. The van der Waals surface area contributed by atoms with Crippen LogP contribution in [0, 0.1) is 0 Å². The second-order valence-electron chi connectivity index (χ2n) is 5.28. The molecule has 1 aromatic heterocycles. The topological polar surface area (TPSA) is 51.1 Å². The van der Waals surface area contributed by atoms with Crippen LogP contribution in [0.3, 0.4) is 0 Å². The van der Waals surface area contributed by atoms with Gasteiger partial charge in [0.15, 0.2) is 9.84 Å². The number of hydrogen-bond acceptors (Lipinski definition) is 3. The van der Waals surface area contributed by atoms with Crippen LogP contribution in [-0.4, -0.2) is 31.0 Å². The summed E-state index contributed by atoms with van der Waals surface area (Å²) in [6.45, 7) is 6.16. The molecule has 0 saturated heterocycles. The van der Waals surface area contributed by atoms with Crippen LogP contribution in [0.2, 0.25) is 0 Å². The van der Waals surface area contributed by atoms with Crippen molar-refractivity contribution < 1.29 is 8.42 Å². The fourth-order valence-corrected chi connectivity index (χ4v) is 3.21. The zero-order chi connectivity index (χ0) is 15.3. The minimum Gasteiger partial charge on any atom is -0.346 e. The van der Waals surface area contributed by atoms with Gasteiger partial charge in [0.05, 0.1) is 11.3 Å². The monoisotopic (exact) mass is 308 g/mol. The number of sulfone groups is 1. The smallest absolute Gasteiger partial charge is 0.151 e. The lowest BCUT2D eigenvalue weighted by Gasteiger charge is -2.10. The Bertz CT molecular complexity index is 689. The van der Waals surface area contributed by atoms with Crippen LogP contribution in [0.4, 0.5) is 0 Å². The molecule has 1 N–H and O–H groups in total. The van der Waals surface area contributed by atoms with Crippen molar-refractivity contribution in [2.75, 3.05) is 18.1 Å². The number of benzene rings is 1. The highest BCUT2D eigenvalue weighted by atomic mass is 32.2. The van der Waals surface area contributed by atoms with Gasteiger partial charge in [0, 0.05) is 25.0 Å². The Morgan fingerprint density at radius 3 is 2.71 bits per heavy atom. The average molecular weight is 308 g/mol. The molecule has 1 aromatic carbocycles. The van der Waals surface area contributed by atoms with Gasteiger partial charge >= 0.3 is 0 Å². The second kappa shape index (κ2) is 7.09. The number of aryl methyl sites for hydroxylation is 1. The second-order valence-corrected chi connectivity index (χ2v) is 7.75. The number of para-hydroxylation sites is 1. The summed E-state index contributed by atoms with van der Waals surface area (Å²) in [5.74, 6) is 0.404. The summed E-state index contributed by atoms with van der Waals surface area (Å²) >= 11 is 0. The molecule has 2 rings (SSSR count). The van der Waals surface area contributed by atoms with Crippen molar-refractivity contribution in [1.29, 1.82) is 0 Å². The number of nitrogens with one attached hydrogen (secondary N) is 1. The first-order valence-electron chi connectivity index (χ1n) is 7.55. The van der Waals surface area contributed by atoms with Crippen LogP contribution in [0.25, 0.3) is 10.9 Å². The maximum absolute atomic E-state index is 11.7. The van der Waals surface area contributed by atoms with Gasteiger partial charge in [-0.2, -0.15) is 0 Å². The predicted molar refractivity (Wildman–Crippen MR) is 88.3 cm³/mol. The summed E-state index contributed by atoms with van der Waals surface area (Å²) in [5.41, 5.74) is 2.37. The lowest BCUT2D eigenvalue weighted by molar-refractivity contribution is 0.591. The molecule has 21 heavy (non-hydrogen) atoms. The van der Waals surface area contributed by atoms with Gasteiger partial charge in [0.25, 0.3) is 0 Å². The Hall–Kier alpha value is -1.33. The highest BCUT2D eigenvalue weighted by Crippen LogP contribution is 2.20. The minimum absolute atomic E-state index is 0.198. The molecule has 0 fully saturated rings. The number of hydrogen-bond donors (Lipinski definition) is 1. The fraction of sp³-hybridized carbons (Fsp3) is 0.500. The van der Waals surface area contributed by atoms with Gasteiger partial charge in [0.1, 0.15) is 0 Å². The molecule has 0 saturated carbocycles. The van der Waals surface area contributed by atoms with Crippen molar-refractivity contribution in [2.45, 2.75) is 33.4 Å². The molecule has 0 aliphatic heterocycles. The van der Waals surface area contributed by atoms with E-state index in [2.05, 4.69) is 41.1 Å². The van der Waals surface area contributed by atoms with E-state index in [-0.39, 0.29) is 11.5 Å². The molecule has 0 unspecified atom stereocenters. The van der Waals surface area contributed by atoms with E-state index >= 15 is 0 Å². The first kappa shape index (κ1) is 16.0. The van der Waals surface area contributed by atoms with Gasteiger partial charge in [-0.3, -0.25) is 0 Å². The normalized spacial score (nSPS) is 12.1. The van der Waals surface area contributed by atoms with Crippen LogP contribution in [0.5, 0.6) is 0 Å². The van der Waals surface area contributed by atoms with E-state index in [0.29, 0.717) is 6.54 Å². The lowest BCUT2D eigenvalue weighted by Crippen LogP contribution is -2.16. The van der Waals surface area contributed by atoms with Crippen LogP contribution < -0.4 is 5.32 Å². The number of rotatable bonds is 8. The molecule has 5 heteroatoms. The molecule has 0 aliphatic rings. The van der Waals surface area contributed by atoms with Gasteiger partial charge in [-0.05, 0) is 30.0 Å². The first-order chi connectivity index (χ1) is 10.1. The zero-order valence-corrected chi connectivity index (χ0v) is 13.6. The van der Waals surface area contributed by atoms with E-state index in [0.717, 1.165) is 25.0 Å². The molecule has 0 amide bonds. The van der Waals surface area contributed by atoms with Gasteiger partial charge in [0.2, 0.25) is 0 Å². The van der Waals surface area contributed by atoms with Gasteiger partial charge < -0.3 is 9.88 Å². The molecule has 0 radical (unpaired) electrons. The number of nitrogens with zero attached hydrogens (tertiary/aromatic N) is 1. The van der Waals surface area contributed by atoms with Crippen molar-refractivity contribution >= 4 is 20.7 Å². The van der Waals surface area contributed by atoms with Crippen molar-refractivity contribution in [1.82, 2.24) is 9.88 Å². The van der Waals surface area contributed by atoms with E-state index in [1.165, 1.54) is 10.9 Å². The largest absolute Gasteiger partial charge is 0.346 e. The highest BCUT2D eigenvalue weighted by Gasteiger charge is 2.11. The molecule has 0 spiro atoms. The molecular formula is C16H24N2O2S. The lowest BCUT2D eigenvalue weighted by atomic mass is 10.1. The van der Waals surface area contributed by atoms with Crippen molar-refractivity contribution in [3.8, 4) is 0 Å². The van der Waals surface area contributed by atoms with Crippen molar-refractivity contribution in [3.63, 3.8) is 0 Å². The summed E-state index contributed by atoms with van der Waals surface area (Å²) in [6.07, 6.45) is 3.09. The van der Waals surface area contributed by atoms with E-state index in [1.807, 2.05) is 6.20 Å². The molecule has 1 heterocycles. The fourth-order valence-electron chi connectivity index (χ4n) is 2.45. The van der Waals surface area contributed by atoms with Crippen molar-refractivity contribution in [2.24, 2.45) is 0 Å². The molecular weight excluding hydrogens is 284 g/mol. The third kappa shape index (κ3) is 4.08. The predicted octanol–water partition coefficient (Wildman–Crippen LogP) is 2.58. The van der Waals surface area contributed by atoms with Crippen LogP contribution >= 0.6 is 0 Å². The zero-order valence-electron chi connectivity index (χ0n) is 12.8. The molecule has 4 nitrogen and oxygen atoms in total. The Kier molecular flexibility index (Phi) is 5.42. The van der Waals surface area contributed by atoms with Crippen LogP contribution in [0.1, 0.15) is 25.8 Å². The standard InChI is InChI=1S/C16H24N2O2S/c1-3-9-17-13-15-7-5-6-14-8-10-18(16(14)15)11-12-21(19,20)4-2/h5-8,10,17H,3-4,9,11-13H2,1-2H3. The van der Waals surface area contributed by atoms with E-state index in [1.54, 1.807) is 6.92 Å². The van der Waals surface area contributed by atoms with Gasteiger partial charge in [-0.25, -0.2) is 8.42 Å². The Labute approximate surface area is 127 Å². The Balaban J connectivity index is 2.23. The summed E-state index contributed by atoms with van der Waals surface area (Å²) in [5, 5.41) is 4.58. The maximum Gasteiger partial charge on any atom is 0.151 e. The summed E-state index contributed by atoms with van der Waals surface area (Å²) < 4.78 is 25.5. The average Bonchev–Trinajstić information content (AvgIpc) is 2.90. The van der Waals surface area contributed by atoms with Gasteiger partial charge in [-0.15, -0.1) is 0 Å². The molecule has 2 aromatic rings. The maximum atomic E-state index is 11.7. The number of fused-ring (bicyclic) bond motifs is 1. The van der Waals surface area contributed by atoms with Gasteiger partial charge in [-0.1, -0.05) is 32.0 Å².